The Kier molecular flexibility index (Phi) is 6.43. The summed E-state index contributed by atoms with van der Waals surface area (Å²) in [5.41, 5.74) is -1.39. The lowest BCUT2D eigenvalue weighted by Gasteiger charge is -2.34. The zero-order valence-electron chi connectivity index (χ0n) is 15.2. The fourth-order valence-corrected chi connectivity index (χ4v) is 3.80. The van der Waals surface area contributed by atoms with Crippen molar-refractivity contribution in [1.29, 1.82) is 0 Å². The van der Waals surface area contributed by atoms with Crippen molar-refractivity contribution in [3.8, 4) is 5.75 Å². The minimum Gasteiger partial charge on any atom is -0.598 e. The third kappa shape index (κ3) is 4.71. The van der Waals surface area contributed by atoms with Crippen LogP contribution in [-0.2, 0) is 16.9 Å². The van der Waals surface area contributed by atoms with E-state index >= 15 is 0 Å². The van der Waals surface area contributed by atoms with E-state index in [9.17, 15) is 22.8 Å². The first-order chi connectivity index (χ1) is 12.3. The lowest BCUT2D eigenvalue weighted by atomic mass is 9.88. The first-order valence-electron chi connectivity index (χ1n) is 8.21. The van der Waals surface area contributed by atoms with E-state index in [0.717, 1.165) is 6.07 Å². The first-order valence-corrected chi connectivity index (χ1v) is 9.74. The van der Waals surface area contributed by atoms with Crippen molar-refractivity contribution in [3.63, 3.8) is 0 Å². The SMILES string of the molecule is C=CCCC1(N[S+]([O-])C(C)(C)C)COc2c1cc(C(O)C(F)(F)F)nc2Cl. The summed E-state index contributed by atoms with van der Waals surface area (Å²) in [5.74, 6) is 0.122. The fourth-order valence-electron chi connectivity index (χ4n) is 2.62. The van der Waals surface area contributed by atoms with Gasteiger partial charge in [0, 0.05) is 16.9 Å². The molecule has 2 N–H and O–H groups in total. The maximum absolute atomic E-state index is 12.9. The molecule has 10 heteroatoms. The zero-order chi connectivity index (χ0) is 20.6. The van der Waals surface area contributed by atoms with Crippen molar-refractivity contribution in [2.45, 2.75) is 56.2 Å². The molecule has 152 valence electrons. The smallest absolute Gasteiger partial charge is 0.420 e. The van der Waals surface area contributed by atoms with Crippen molar-refractivity contribution >= 4 is 23.0 Å². The molecule has 0 saturated carbocycles. The Morgan fingerprint density at radius 2 is 2.15 bits per heavy atom. The summed E-state index contributed by atoms with van der Waals surface area (Å²) in [5, 5.41) is 9.30. The van der Waals surface area contributed by atoms with E-state index in [1.165, 1.54) is 0 Å². The Bertz CT molecular complexity index is 712. The van der Waals surface area contributed by atoms with Crippen LogP contribution in [0.2, 0.25) is 5.15 Å². The molecule has 0 fully saturated rings. The average molecular weight is 427 g/mol. The Balaban J connectivity index is 2.54. The van der Waals surface area contributed by atoms with E-state index in [-0.39, 0.29) is 17.5 Å². The van der Waals surface area contributed by atoms with Gasteiger partial charge in [-0.3, -0.25) is 0 Å². The van der Waals surface area contributed by atoms with Crippen LogP contribution in [0.4, 0.5) is 13.2 Å². The quantitative estimate of drug-likeness (QED) is 0.409. The second kappa shape index (κ2) is 7.79. The van der Waals surface area contributed by atoms with Crippen molar-refractivity contribution < 1.29 is 27.6 Å². The summed E-state index contributed by atoms with van der Waals surface area (Å²) < 4.78 is 59.5. The maximum Gasteiger partial charge on any atom is 0.420 e. The monoisotopic (exact) mass is 426 g/mol. The molecule has 3 unspecified atom stereocenters. The van der Waals surface area contributed by atoms with Gasteiger partial charge in [0.1, 0.15) is 16.9 Å². The highest BCUT2D eigenvalue weighted by atomic mass is 35.5. The van der Waals surface area contributed by atoms with Crippen molar-refractivity contribution in [1.82, 2.24) is 9.71 Å². The number of hydrogen-bond acceptors (Lipinski definition) is 5. The molecule has 0 spiro atoms. The third-order valence-electron chi connectivity index (χ3n) is 4.14. The molecule has 0 bridgehead atoms. The average Bonchev–Trinajstić information content (AvgIpc) is 2.90. The molecule has 0 amide bonds. The molecule has 3 atom stereocenters. The lowest BCUT2D eigenvalue weighted by molar-refractivity contribution is -0.208. The minimum absolute atomic E-state index is 0.0188. The van der Waals surface area contributed by atoms with Gasteiger partial charge in [-0.1, -0.05) is 17.7 Å². The summed E-state index contributed by atoms with van der Waals surface area (Å²) in [7, 11) is 0. The molecule has 5 nitrogen and oxygen atoms in total. The van der Waals surface area contributed by atoms with Gasteiger partial charge in [-0.15, -0.1) is 11.3 Å². The second-order valence-corrected chi connectivity index (χ2v) is 9.66. The number of pyridine rings is 1. The largest absolute Gasteiger partial charge is 0.598 e. The van der Waals surface area contributed by atoms with E-state index in [0.29, 0.717) is 18.4 Å². The highest BCUT2D eigenvalue weighted by molar-refractivity contribution is 7.90. The lowest BCUT2D eigenvalue weighted by Crippen LogP contribution is -2.52. The van der Waals surface area contributed by atoms with Crippen molar-refractivity contribution in [2.75, 3.05) is 6.61 Å². The molecule has 0 radical (unpaired) electrons. The van der Waals surface area contributed by atoms with Gasteiger partial charge in [0.2, 0.25) is 0 Å². The molecular formula is C17H22ClF3N2O3S. The Labute approximate surface area is 164 Å². The van der Waals surface area contributed by atoms with Crippen LogP contribution < -0.4 is 9.46 Å². The van der Waals surface area contributed by atoms with Crippen LogP contribution in [0.25, 0.3) is 0 Å². The van der Waals surface area contributed by atoms with Crippen molar-refractivity contribution in [2.24, 2.45) is 0 Å². The Morgan fingerprint density at radius 1 is 1.52 bits per heavy atom. The minimum atomic E-state index is -4.89. The maximum atomic E-state index is 12.9. The van der Waals surface area contributed by atoms with Crippen LogP contribution in [0, 0.1) is 0 Å². The van der Waals surface area contributed by atoms with Gasteiger partial charge >= 0.3 is 6.18 Å². The number of fused-ring (bicyclic) bond motifs is 1. The van der Waals surface area contributed by atoms with Gasteiger partial charge in [-0.25, -0.2) is 4.98 Å². The highest BCUT2D eigenvalue weighted by Crippen LogP contribution is 2.46. The highest BCUT2D eigenvalue weighted by Gasteiger charge is 2.49. The summed E-state index contributed by atoms with van der Waals surface area (Å²) in [6, 6.07) is 1.11. The number of alkyl halides is 3. The Hall–Kier alpha value is -1.00. The van der Waals surface area contributed by atoms with Crippen LogP contribution >= 0.6 is 11.6 Å². The summed E-state index contributed by atoms with van der Waals surface area (Å²) in [6.07, 6.45) is -5.17. The number of aliphatic hydroxyl groups is 1. The molecule has 0 aromatic carbocycles. The molecular weight excluding hydrogens is 405 g/mol. The fraction of sp³-hybridized carbons (Fsp3) is 0.588. The number of ether oxygens (including phenoxy) is 1. The first kappa shape index (κ1) is 22.3. The number of aromatic nitrogens is 1. The Morgan fingerprint density at radius 3 is 2.67 bits per heavy atom. The van der Waals surface area contributed by atoms with E-state index in [1.807, 2.05) is 0 Å². The van der Waals surface area contributed by atoms with Gasteiger partial charge in [0.15, 0.2) is 17.0 Å². The van der Waals surface area contributed by atoms with Gasteiger partial charge in [0.05, 0.1) is 5.69 Å². The molecule has 1 aromatic rings. The predicted molar refractivity (Wildman–Crippen MR) is 97.9 cm³/mol. The third-order valence-corrected chi connectivity index (χ3v) is 6.08. The van der Waals surface area contributed by atoms with Gasteiger partial charge < -0.3 is 14.4 Å². The number of halogens is 4. The van der Waals surface area contributed by atoms with Gasteiger partial charge in [0.25, 0.3) is 0 Å². The number of allylic oxidation sites excluding steroid dienone is 1. The van der Waals surface area contributed by atoms with Gasteiger partial charge in [-0.05, 0) is 39.7 Å². The van der Waals surface area contributed by atoms with E-state index in [4.69, 9.17) is 16.3 Å². The van der Waals surface area contributed by atoms with E-state index in [1.54, 1.807) is 26.8 Å². The number of aliphatic hydroxyl groups excluding tert-OH is 1. The molecule has 1 aliphatic heterocycles. The van der Waals surface area contributed by atoms with Crippen LogP contribution in [0.5, 0.6) is 5.75 Å². The molecule has 0 saturated heterocycles. The number of nitrogens with one attached hydrogen (secondary N) is 1. The normalized spacial score (nSPS) is 22.1. The van der Waals surface area contributed by atoms with Crippen LogP contribution in [0.15, 0.2) is 18.7 Å². The summed E-state index contributed by atoms with van der Waals surface area (Å²) in [6.45, 7) is 8.99. The molecule has 2 heterocycles. The second-order valence-electron chi connectivity index (χ2n) is 7.34. The zero-order valence-corrected chi connectivity index (χ0v) is 16.8. The van der Waals surface area contributed by atoms with E-state index < -0.39 is 39.6 Å². The van der Waals surface area contributed by atoms with Crippen LogP contribution in [0.3, 0.4) is 0 Å². The standard InChI is InChI=1S/C17H22ClF3N2O3S/c1-5-6-7-16(23-27(25)15(2,3)4)9-26-12-10(16)8-11(22-14(12)18)13(24)17(19,20)21/h5,8,13,23-24H,1,6-7,9H2,2-4H3. The van der Waals surface area contributed by atoms with Gasteiger partial charge in [-0.2, -0.15) is 13.2 Å². The van der Waals surface area contributed by atoms with Crippen LogP contribution in [-0.4, -0.2) is 32.2 Å². The summed E-state index contributed by atoms with van der Waals surface area (Å²) in [4.78, 5) is 3.63. The van der Waals surface area contributed by atoms with E-state index in [2.05, 4.69) is 16.3 Å². The molecule has 27 heavy (non-hydrogen) atoms. The number of rotatable bonds is 6. The topological polar surface area (TPSA) is 77.4 Å². The number of hydrogen-bond donors (Lipinski definition) is 2. The molecule has 1 aromatic heterocycles. The molecule has 1 aliphatic rings. The predicted octanol–water partition coefficient (Wildman–Crippen LogP) is 3.94. The summed E-state index contributed by atoms with van der Waals surface area (Å²) >= 11 is 4.49. The molecule has 0 aliphatic carbocycles. The molecule has 2 rings (SSSR count). The van der Waals surface area contributed by atoms with Crippen LogP contribution in [0.1, 0.15) is 51.0 Å². The van der Waals surface area contributed by atoms with Crippen molar-refractivity contribution in [3.05, 3.63) is 35.1 Å². The number of nitrogens with zero attached hydrogens (tertiary/aromatic N) is 1.